The Kier molecular flexibility index (Phi) is 12.6. The van der Waals surface area contributed by atoms with Crippen LogP contribution in [0, 0.1) is 31.7 Å². The van der Waals surface area contributed by atoms with Crippen molar-refractivity contribution < 1.29 is 45.9 Å². The molecule has 42 heavy (non-hydrogen) atoms. The third-order valence-electron chi connectivity index (χ3n) is 7.95. The number of fused-ring (bicyclic) bond motifs is 1. The number of benzene rings is 2. The zero-order valence-corrected chi connectivity index (χ0v) is 27.5. The van der Waals surface area contributed by atoms with E-state index in [0.717, 1.165) is 39.2 Å². The van der Waals surface area contributed by atoms with Gasteiger partial charge in [-0.3, -0.25) is 4.79 Å². The maximum absolute atomic E-state index is 12.2. The summed E-state index contributed by atoms with van der Waals surface area (Å²) < 4.78 is 53.2. The van der Waals surface area contributed by atoms with E-state index in [0.29, 0.717) is 18.8 Å². The van der Waals surface area contributed by atoms with Crippen molar-refractivity contribution in [2.45, 2.75) is 98.1 Å². The fourth-order valence-corrected chi connectivity index (χ4v) is 5.63. The third-order valence-corrected chi connectivity index (χ3v) is 7.95. The molecule has 0 saturated heterocycles. The number of aromatic nitrogens is 1. The molecule has 7 heteroatoms. The van der Waals surface area contributed by atoms with Gasteiger partial charge in [-0.25, -0.2) is 0 Å². The van der Waals surface area contributed by atoms with E-state index in [4.69, 9.17) is 2.74 Å². The number of carbonyl (C=O) groups is 1. The molecular formula is C35H43F3IrNO2-. The molecule has 1 radical (unpaired) electrons. The van der Waals surface area contributed by atoms with Crippen molar-refractivity contribution in [2.24, 2.45) is 11.8 Å². The average molecular weight is 761 g/mol. The molecule has 0 bridgehead atoms. The normalized spacial score (nSPS) is 15.5. The van der Waals surface area contributed by atoms with E-state index in [9.17, 15) is 23.1 Å². The summed E-state index contributed by atoms with van der Waals surface area (Å²) in [7, 11) is 0. The van der Waals surface area contributed by atoms with Crippen LogP contribution in [0.3, 0.4) is 0 Å². The van der Waals surface area contributed by atoms with Crippen LogP contribution in [0.15, 0.2) is 54.4 Å². The molecule has 3 aromatic rings. The van der Waals surface area contributed by atoms with Crippen LogP contribution >= 0.6 is 0 Å². The number of aliphatic hydroxyl groups excluding tert-OH is 1. The van der Waals surface area contributed by atoms with Crippen molar-refractivity contribution in [1.29, 1.82) is 0 Å². The number of alkyl halides is 3. The van der Waals surface area contributed by atoms with Gasteiger partial charge in [-0.05, 0) is 66.1 Å². The number of ketones is 1. The Balaban J connectivity index is 0.000000319. The molecule has 3 nitrogen and oxygen atoms in total. The van der Waals surface area contributed by atoms with Gasteiger partial charge in [0.05, 0.1) is 14.9 Å². The first kappa shape index (κ1) is 32.4. The van der Waals surface area contributed by atoms with Crippen LogP contribution in [0.5, 0.6) is 0 Å². The monoisotopic (exact) mass is 761 g/mol. The SMILES string of the molecule is CCC(CC(F)(F)F)C(=O)/C=C(\O)C(CC)CC.[2H]c1nc(-c2[c-]c(C)cc(C)c2)c2ccc(C3CCCC3)cc2c1[2H].[Ir]. The Morgan fingerprint density at radius 2 is 1.74 bits per heavy atom. The van der Waals surface area contributed by atoms with E-state index < -0.39 is 24.3 Å². The Morgan fingerprint density at radius 1 is 1.10 bits per heavy atom. The zero-order chi connectivity index (χ0) is 31.9. The maximum atomic E-state index is 12.2. The molecule has 231 valence electrons. The van der Waals surface area contributed by atoms with Crippen LogP contribution in [-0.4, -0.2) is 22.1 Å². The topological polar surface area (TPSA) is 50.2 Å². The fourth-order valence-electron chi connectivity index (χ4n) is 5.63. The molecule has 1 aromatic heterocycles. The standard InChI is InChI=1S/C22H22N.C13H21F3O2.Ir/c1-15-11-16(2)13-20(12-15)22-21-8-7-18(17-5-3-4-6-17)14-19(21)9-10-23-22;1-4-9(5-2)11(17)7-12(18)10(6-3)8-13(14,15)16;/h7-12,14,17H,3-6H2,1-2H3;7,9-10,17H,4-6,8H2,1-3H3;/q-1;;/b;11-7-;/i9D,10D;;. The van der Waals surface area contributed by atoms with Gasteiger partial charge in [0, 0.05) is 44.2 Å². The number of pyridine rings is 1. The van der Waals surface area contributed by atoms with E-state index in [-0.39, 0.29) is 50.4 Å². The number of halogens is 3. The second-order valence-corrected chi connectivity index (χ2v) is 11.1. The number of rotatable bonds is 9. The van der Waals surface area contributed by atoms with E-state index in [1.165, 1.54) is 38.2 Å². The van der Waals surface area contributed by atoms with E-state index >= 15 is 0 Å². The first-order chi connectivity index (χ1) is 20.3. The van der Waals surface area contributed by atoms with Gasteiger partial charge in [-0.1, -0.05) is 65.7 Å². The van der Waals surface area contributed by atoms with Crippen molar-refractivity contribution in [3.05, 3.63) is 77.1 Å². The van der Waals surface area contributed by atoms with Crippen molar-refractivity contribution in [1.82, 2.24) is 4.98 Å². The number of carbonyl (C=O) groups excluding carboxylic acids is 1. The molecule has 1 atom stereocenters. The molecule has 1 saturated carbocycles. The second-order valence-electron chi connectivity index (χ2n) is 11.1. The number of aryl methyl sites for hydroxylation is 2. The fraction of sp³-hybridized carbons (Fsp3) is 0.486. The summed E-state index contributed by atoms with van der Waals surface area (Å²) in [5.41, 5.74) is 5.20. The summed E-state index contributed by atoms with van der Waals surface area (Å²) in [5.74, 6) is -1.40. The number of allylic oxidation sites excluding steroid dienone is 2. The minimum Gasteiger partial charge on any atom is -0.512 e. The molecule has 0 spiro atoms. The zero-order valence-electron chi connectivity index (χ0n) is 27.1. The number of aliphatic hydroxyl groups is 1. The van der Waals surface area contributed by atoms with E-state index in [1.54, 1.807) is 0 Å². The summed E-state index contributed by atoms with van der Waals surface area (Å²) in [6.45, 7) is 9.34. The molecule has 1 fully saturated rings. The molecule has 1 aliphatic rings. The smallest absolute Gasteiger partial charge is 0.389 e. The molecule has 1 unspecified atom stereocenters. The van der Waals surface area contributed by atoms with Gasteiger partial charge in [-0.2, -0.15) is 13.2 Å². The minimum absolute atomic E-state index is 0. The summed E-state index contributed by atoms with van der Waals surface area (Å²) in [6.07, 6.45) is 2.00. The van der Waals surface area contributed by atoms with E-state index in [1.807, 2.05) is 20.8 Å². The molecule has 0 amide bonds. The van der Waals surface area contributed by atoms with Crippen molar-refractivity contribution in [2.75, 3.05) is 0 Å². The summed E-state index contributed by atoms with van der Waals surface area (Å²) in [6, 6.07) is 14.1. The van der Waals surface area contributed by atoms with Crippen molar-refractivity contribution in [3.8, 4) is 11.3 Å². The maximum Gasteiger partial charge on any atom is 0.389 e. The predicted octanol–water partition coefficient (Wildman–Crippen LogP) is 10.4. The van der Waals surface area contributed by atoms with Gasteiger partial charge < -0.3 is 10.1 Å². The Hall–Kier alpha value is -2.50. The predicted molar refractivity (Wildman–Crippen MR) is 161 cm³/mol. The summed E-state index contributed by atoms with van der Waals surface area (Å²) >= 11 is 0. The molecule has 1 heterocycles. The minimum atomic E-state index is -4.35. The molecule has 1 aliphatic carbocycles. The van der Waals surface area contributed by atoms with Gasteiger partial charge in [0.15, 0.2) is 5.78 Å². The van der Waals surface area contributed by atoms with Crippen LogP contribution in [0.2, 0.25) is 0 Å². The van der Waals surface area contributed by atoms with Gasteiger partial charge in [0.25, 0.3) is 0 Å². The van der Waals surface area contributed by atoms with Crippen molar-refractivity contribution in [3.63, 3.8) is 0 Å². The molecule has 2 aromatic carbocycles. The van der Waals surface area contributed by atoms with Gasteiger partial charge in [-0.15, -0.1) is 34.9 Å². The molecule has 4 rings (SSSR count). The summed E-state index contributed by atoms with van der Waals surface area (Å²) in [5, 5.41) is 11.5. The van der Waals surface area contributed by atoms with Gasteiger partial charge in [0.2, 0.25) is 0 Å². The molecular weight excluding hydrogens is 716 g/mol. The average Bonchev–Trinajstić information content (AvgIpc) is 3.48. The van der Waals surface area contributed by atoms with Crippen LogP contribution in [0.4, 0.5) is 13.2 Å². The van der Waals surface area contributed by atoms with Gasteiger partial charge >= 0.3 is 6.18 Å². The number of hydrogen-bond acceptors (Lipinski definition) is 3. The first-order valence-electron chi connectivity index (χ1n) is 15.7. The number of nitrogens with zero attached hydrogens (tertiary/aromatic N) is 1. The Bertz CT molecular complexity index is 1430. The quantitative estimate of drug-likeness (QED) is 0.134. The molecule has 1 N–H and O–H groups in total. The third kappa shape index (κ3) is 10.1. The van der Waals surface area contributed by atoms with Gasteiger partial charge in [0.1, 0.15) is 0 Å². The molecule has 0 aliphatic heterocycles. The van der Waals surface area contributed by atoms with Crippen LogP contribution < -0.4 is 0 Å². The van der Waals surface area contributed by atoms with Crippen molar-refractivity contribution >= 4 is 16.6 Å². The Labute approximate surface area is 265 Å². The number of hydrogen-bond donors (Lipinski definition) is 1. The van der Waals surface area contributed by atoms with E-state index in [2.05, 4.69) is 48.3 Å². The van der Waals surface area contributed by atoms with Crippen LogP contribution in [0.1, 0.15) is 97.5 Å². The second kappa shape index (κ2) is 16.4. The summed E-state index contributed by atoms with van der Waals surface area (Å²) in [4.78, 5) is 16.1. The first-order valence-corrected chi connectivity index (χ1v) is 14.7. The van der Waals surface area contributed by atoms with Crippen LogP contribution in [0.25, 0.3) is 22.0 Å². The van der Waals surface area contributed by atoms with Crippen LogP contribution in [-0.2, 0) is 24.9 Å². The largest absolute Gasteiger partial charge is 0.512 e. The Morgan fingerprint density at radius 3 is 2.31 bits per heavy atom.